The van der Waals surface area contributed by atoms with Crippen molar-refractivity contribution < 1.29 is 27.5 Å². The first kappa shape index (κ1) is 23.1. The van der Waals surface area contributed by atoms with Crippen molar-refractivity contribution in [3.63, 3.8) is 0 Å². The number of carbonyl (C=O) groups is 2. The molecule has 0 aliphatic heterocycles. The molecule has 3 aromatic rings. The Bertz CT molecular complexity index is 1090. The Morgan fingerprint density at radius 3 is 2.28 bits per heavy atom. The van der Waals surface area contributed by atoms with Gasteiger partial charge in [-0.25, -0.2) is 4.79 Å². The fourth-order valence-electron chi connectivity index (χ4n) is 2.80. The van der Waals surface area contributed by atoms with Crippen LogP contribution in [0.2, 0.25) is 5.02 Å². The number of hydrogen-bond acceptors (Lipinski definition) is 3. The van der Waals surface area contributed by atoms with E-state index in [0.29, 0.717) is 13.0 Å². The van der Waals surface area contributed by atoms with Crippen LogP contribution in [0.1, 0.15) is 21.5 Å². The number of alkyl halides is 3. The number of hydrogen-bond donors (Lipinski definition) is 2. The molecule has 2 N–H and O–H groups in total. The van der Waals surface area contributed by atoms with E-state index in [0.717, 1.165) is 29.8 Å². The molecule has 0 aliphatic rings. The molecule has 0 spiro atoms. The van der Waals surface area contributed by atoms with Crippen molar-refractivity contribution in [3.05, 3.63) is 94.5 Å². The lowest BCUT2D eigenvalue weighted by molar-refractivity contribution is -0.137. The van der Waals surface area contributed by atoms with E-state index in [4.69, 9.17) is 16.3 Å². The van der Waals surface area contributed by atoms with Gasteiger partial charge in [-0.2, -0.15) is 13.2 Å². The maximum absolute atomic E-state index is 12.7. The smallest absolute Gasteiger partial charge is 0.409 e. The first-order valence-corrected chi connectivity index (χ1v) is 9.88. The number of anilines is 1. The van der Waals surface area contributed by atoms with E-state index in [9.17, 15) is 22.8 Å². The summed E-state index contributed by atoms with van der Waals surface area (Å²) >= 11 is 5.96. The second-order valence-electron chi connectivity index (χ2n) is 6.72. The predicted octanol–water partition coefficient (Wildman–Crippen LogP) is 5.94. The van der Waals surface area contributed by atoms with Crippen molar-refractivity contribution >= 4 is 29.3 Å². The molecule has 3 aromatic carbocycles. The van der Waals surface area contributed by atoms with Gasteiger partial charge in [-0.3, -0.25) is 4.79 Å². The Balaban J connectivity index is 1.64. The van der Waals surface area contributed by atoms with Gasteiger partial charge in [0.25, 0.3) is 5.91 Å². The molecular weight excluding hydrogens is 445 g/mol. The summed E-state index contributed by atoms with van der Waals surface area (Å²) in [5, 5.41) is 5.29. The molecule has 0 unspecified atom stereocenters. The molecule has 0 bridgehead atoms. The number of carbonyl (C=O) groups excluding carboxylic acids is 2. The summed E-state index contributed by atoms with van der Waals surface area (Å²) in [6.07, 6.45) is -4.64. The number of amides is 2. The Morgan fingerprint density at radius 1 is 0.938 bits per heavy atom. The van der Waals surface area contributed by atoms with Crippen LogP contribution in [0.4, 0.5) is 23.7 Å². The van der Waals surface area contributed by atoms with Crippen molar-refractivity contribution in [2.45, 2.75) is 12.6 Å². The van der Waals surface area contributed by atoms with Crippen molar-refractivity contribution in [2.75, 3.05) is 11.9 Å². The molecule has 0 saturated carbocycles. The maximum Gasteiger partial charge on any atom is 0.416 e. The van der Waals surface area contributed by atoms with Gasteiger partial charge in [-0.05, 0) is 54.4 Å². The van der Waals surface area contributed by atoms with Crippen molar-refractivity contribution in [2.24, 2.45) is 0 Å². The zero-order valence-electron chi connectivity index (χ0n) is 16.6. The Hall–Kier alpha value is -3.52. The lowest BCUT2D eigenvalue weighted by Crippen LogP contribution is -2.29. The molecule has 0 aliphatic carbocycles. The molecule has 5 nitrogen and oxygen atoms in total. The van der Waals surface area contributed by atoms with Gasteiger partial charge in [-0.1, -0.05) is 41.9 Å². The van der Waals surface area contributed by atoms with Crippen molar-refractivity contribution in [1.82, 2.24) is 5.32 Å². The molecule has 0 radical (unpaired) electrons. The van der Waals surface area contributed by atoms with Crippen molar-refractivity contribution in [3.8, 4) is 5.75 Å². The normalized spacial score (nSPS) is 11.0. The number of rotatable bonds is 6. The maximum atomic E-state index is 12.7. The van der Waals surface area contributed by atoms with Crippen molar-refractivity contribution in [1.29, 1.82) is 0 Å². The number of halogens is 4. The van der Waals surface area contributed by atoms with Crippen LogP contribution in [0.25, 0.3) is 0 Å². The first-order valence-electron chi connectivity index (χ1n) is 9.50. The van der Waals surface area contributed by atoms with E-state index in [1.807, 2.05) is 30.3 Å². The third-order valence-corrected chi connectivity index (χ3v) is 4.62. The molecule has 32 heavy (non-hydrogen) atoms. The van der Waals surface area contributed by atoms with Gasteiger partial charge in [0.15, 0.2) is 0 Å². The van der Waals surface area contributed by atoms with E-state index >= 15 is 0 Å². The van der Waals surface area contributed by atoms with Crippen LogP contribution in [0, 0.1) is 0 Å². The largest absolute Gasteiger partial charge is 0.416 e. The van der Waals surface area contributed by atoms with Gasteiger partial charge in [-0.15, -0.1) is 0 Å². The van der Waals surface area contributed by atoms with E-state index in [2.05, 4.69) is 10.6 Å². The fourth-order valence-corrected chi connectivity index (χ4v) is 2.97. The quantitative estimate of drug-likeness (QED) is 0.476. The molecular formula is C23H18ClF3N2O3. The van der Waals surface area contributed by atoms with Gasteiger partial charge in [0, 0.05) is 17.3 Å². The summed E-state index contributed by atoms with van der Waals surface area (Å²) < 4.78 is 43.3. The van der Waals surface area contributed by atoms with E-state index in [1.165, 1.54) is 18.2 Å². The monoisotopic (exact) mass is 462 g/mol. The Morgan fingerprint density at radius 2 is 1.62 bits per heavy atom. The molecule has 0 fully saturated rings. The number of ether oxygens (including phenoxy) is 1. The van der Waals surface area contributed by atoms with Crippen LogP contribution < -0.4 is 15.4 Å². The van der Waals surface area contributed by atoms with Crippen LogP contribution in [0.15, 0.2) is 72.8 Å². The minimum absolute atomic E-state index is 0.0453. The second kappa shape index (κ2) is 10.2. The van der Waals surface area contributed by atoms with Crippen LogP contribution in [-0.2, 0) is 12.6 Å². The molecule has 0 heterocycles. The second-order valence-corrected chi connectivity index (χ2v) is 7.16. The molecule has 166 valence electrons. The molecule has 2 amide bonds. The number of benzene rings is 3. The lowest BCUT2D eigenvalue weighted by atomic mass is 10.1. The molecule has 3 rings (SSSR count). The van der Waals surface area contributed by atoms with Crippen LogP contribution in [0.5, 0.6) is 5.75 Å². The SMILES string of the molecule is O=C(NCCc1ccccc1)Oc1ccc(Cl)cc1C(=O)Nc1ccc(C(F)(F)F)cc1. The molecule has 9 heteroatoms. The predicted molar refractivity (Wildman–Crippen MR) is 115 cm³/mol. The Labute approximate surface area is 187 Å². The van der Waals surface area contributed by atoms with Gasteiger partial charge < -0.3 is 15.4 Å². The highest BCUT2D eigenvalue weighted by Crippen LogP contribution is 2.30. The van der Waals surface area contributed by atoms with Crippen LogP contribution in [0.3, 0.4) is 0 Å². The standard InChI is InChI=1S/C23H18ClF3N2O3/c24-17-8-11-20(32-22(31)28-13-12-15-4-2-1-3-5-15)19(14-17)21(30)29-18-9-6-16(7-10-18)23(25,26)27/h1-11,14H,12-13H2,(H,28,31)(H,29,30). The van der Waals surface area contributed by atoms with E-state index < -0.39 is 23.7 Å². The minimum atomic E-state index is -4.48. The summed E-state index contributed by atoms with van der Waals surface area (Å²) in [6, 6.07) is 17.6. The highest BCUT2D eigenvalue weighted by atomic mass is 35.5. The minimum Gasteiger partial charge on any atom is -0.409 e. The lowest BCUT2D eigenvalue weighted by Gasteiger charge is -2.12. The topological polar surface area (TPSA) is 67.4 Å². The summed E-state index contributed by atoms with van der Waals surface area (Å²) in [4.78, 5) is 24.8. The fraction of sp³-hybridized carbons (Fsp3) is 0.130. The van der Waals surface area contributed by atoms with Gasteiger partial charge in [0.1, 0.15) is 5.75 Å². The zero-order chi connectivity index (χ0) is 23.1. The molecule has 0 aromatic heterocycles. The van der Waals surface area contributed by atoms with Gasteiger partial charge >= 0.3 is 12.3 Å². The summed E-state index contributed by atoms with van der Waals surface area (Å²) in [7, 11) is 0. The summed E-state index contributed by atoms with van der Waals surface area (Å²) in [5.74, 6) is -0.740. The van der Waals surface area contributed by atoms with Gasteiger partial charge in [0.2, 0.25) is 0 Å². The molecule has 0 atom stereocenters. The average molecular weight is 463 g/mol. The van der Waals surface area contributed by atoms with Crippen LogP contribution >= 0.6 is 11.6 Å². The van der Waals surface area contributed by atoms with E-state index in [-0.39, 0.29) is 22.0 Å². The third kappa shape index (κ3) is 6.49. The highest BCUT2D eigenvalue weighted by molar-refractivity contribution is 6.31. The first-order chi connectivity index (χ1) is 15.2. The Kier molecular flexibility index (Phi) is 7.37. The highest BCUT2D eigenvalue weighted by Gasteiger charge is 2.30. The summed E-state index contributed by atoms with van der Waals surface area (Å²) in [5.41, 5.74) is 0.294. The van der Waals surface area contributed by atoms with Crippen LogP contribution in [-0.4, -0.2) is 18.5 Å². The number of nitrogens with one attached hydrogen (secondary N) is 2. The van der Waals surface area contributed by atoms with Gasteiger partial charge in [0.05, 0.1) is 11.1 Å². The van der Waals surface area contributed by atoms with E-state index in [1.54, 1.807) is 0 Å². The molecule has 0 saturated heterocycles. The zero-order valence-corrected chi connectivity index (χ0v) is 17.3. The summed E-state index contributed by atoms with van der Waals surface area (Å²) in [6.45, 7) is 0.323. The average Bonchev–Trinajstić information content (AvgIpc) is 2.75. The third-order valence-electron chi connectivity index (χ3n) is 4.38.